The first-order valence-electron chi connectivity index (χ1n) is 10.4. The molecule has 0 radical (unpaired) electrons. The van der Waals surface area contributed by atoms with Crippen molar-refractivity contribution in [3.05, 3.63) is 53.2 Å². The van der Waals surface area contributed by atoms with Gasteiger partial charge in [0.1, 0.15) is 4.90 Å². The first kappa shape index (κ1) is 24.5. The number of hydrogen-bond acceptors (Lipinski definition) is 6. The molecule has 1 heterocycles. The van der Waals surface area contributed by atoms with Gasteiger partial charge in [0.25, 0.3) is 0 Å². The van der Waals surface area contributed by atoms with Crippen molar-refractivity contribution in [1.29, 1.82) is 0 Å². The molecule has 0 spiro atoms. The molecule has 2 aromatic rings. The zero-order valence-electron chi connectivity index (χ0n) is 17.6. The summed E-state index contributed by atoms with van der Waals surface area (Å²) in [5, 5.41) is 11.4. The van der Waals surface area contributed by atoms with E-state index in [1.165, 1.54) is 28.7 Å². The number of aliphatic hydroxyl groups excluding tert-OH is 1. The Hall–Kier alpha value is -1.16. The van der Waals surface area contributed by atoms with E-state index in [2.05, 4.69) is 4.98 Å². The highest BCUT2D eigenvalue weighted by Gasteiger charge is 2.29. The van der Waals surface area contributed by atoms with Crippen LogP contribution in [-0.4, -0.2) is 54.4 Å². The third-order valence-electron chi connectivity index (χ3n) is 5.42. The van der Waals surface area contributed by atoms with Crippen molar-refractivity contribution in [2.24, 2.45) is 0 Å². The van der Waals surface area contributed by atoms with Gasteiger partial charge in [-0.3, -0.25) is 0 Å². The fraction of sp³-hybridized carbons (Fsp3) is 0.500. The molecule has 1 saturated carbocycles. The number of aliphatic hydroxyl groups is 1. The minimum atomic E-state index is -3.55. The lowest BCUT2D eigenvalue weighted by Crippen LogP contribution is -2.38. The van der Waals surface area contributed by atoms with Gasteiger partial charge in [-0.1, -0.05) is 49.1 Å². The van der Waals surface area contributed by atoms with E-state index in [-0.39, 0.29) is 17.5 Å². The second-order valence-electron chi connectivity index (χ2n) is 7.72. The highest BCUT2D eigenvalue weighted by molar-refractivity contribution is 7.99. The molecule has 1 aromatic carbocycles. The number of thioether (sulfide) groups is 1. The van der Waals surface area contributed by atoms with Gasteiger partial charge in [0, 0.05) is 30.1 Å². The number of aromatic nitrogens is 1. The number of rotatable bonds is 10. The second kappa shape index (κ2) is 11.6. The molecule has 1 aliphatic carbocycles. The number of ether oxygens (including phenoxy) is 1. The maximum atomic E-state index is 12.9. The Kier molecular flexibility index (Phi) is 9.18. The van der Waals surface area contributed by atoms with E-state index in [0.717, 1.165) is 31.2 Å². The van der Waals surface area contributed by atoms with Crippen molar-refractivity contribution in [1.82, 2.24) is 9.29 Å². The molecular formula is C22H29ClN2O4S2. The highest BCUT2D eigenvalue weighted by atomic mass is 35.5. The largest absolute Gasteiger partial charge is 0.390 e. The van der Waals surface area contributed by atoms with Crippen LogP contribution in [0.5, 0.6) is 0 Å². The average molecular weight is 485 g/mol. The van der Waals surface area contributed by atoms with E-state index in [1.54, 1.807) is 25.2 Å². The number of sulfonamides is 1. The van der Waals surface area contributed by atoms with Crippen LogP contribution in [0.25, 0.3) is 0 Å². The van der Waals surface area contributed by atoms with E-state index < -0.39 is 16.1 Å². The zero-order valence-corrected chi connectivity index (χ0v) is 20.0. The maximum absolute atomic E-state index is 12.9. The Morgan fingerprint density at radius 1 is 1.23 bits per heavy atom. The Bertz CT molecular complexity index is 935. The van der Waals surface area contributed by atoms with Crippen LogP contribution in [0.4, 0.5) is 0 Å². The number of halogens is 1. The van der Waals surface area contributed by atoms with Crippen molar-refractivity contribution in [2.45, 2.75) is 60.8 Å². The molecule has 0 aliphatic heterocycles. The standard InChI is InChI=1S/C22H29ClN2O4S2/c1-25(18-8-3-2-4-9-18)31(27,28)20-11-12-22(24-13-20)30-16-19(26)15-29-14-17-7-5-6-10-21(17)23/h5-7,10-13,18-19,26H,2-4,8-9,14-16H2,1H3. The van der Waals surface area contributed by atoms with Crippen LogP contribution in [0.1, 0.15) is 37.7 Å². The summed E-state index contributed by atoms with van der Waals surface area (Å²) in [5.74, 6) is 0.392. The molecule has 1 unspecified atom stereocenters. The fourth-order valence-electron chi connectivity index (χ4n) is 3.56. The van der Waals surface area contributed by atoms with Crippen molar-refractivity contribution < 1.29 is 18.3 Å². The molecule has 31 heavy (non-hydrogen) atoms. The summed E-state index contributed by atoms with van der Waals surface area (Å²) in [7, 11) is -1.89. The summed E-state index contributed by atoms with van der Waals surface area (Å²) >= 11 is 7.45. The first-order valence-corrected chi connectivity index (χ1v) is 13.2. The van der Waals surface area contributed by atoms with E-state index >= 15 is 0 Å². The monoisotopic (exact) mass is 484 g/mol. The van der Waals surface area contributed by atoms with Gasteiger partial charge in [0.2, 0.25) is 10.0 Å². The number of hydrogen-bond donors (Lipinski definition) is 1. The molecule has 1 fully saturated rings. The summed E-state index contributed by atoms with van der Waals surface area (Å²) in [4.78, 5) is 4.47. The number of pyridine rings is 1. The topological polar surface area (TPSA) is 79.7 Å². The summed E-state index contributed by atoms with van der Waals surface area (Å²) in [6, 6.07) is 10.8. The molecule has 1 aliphatic rings. The van der Waals surface area contributed by atoms with Gasteiger partial charge in [-0.2, -0.15) is 4.31 Å². The SMILES string of the molecule is CN(C1CCCCC1)S(=O)(=O)c1ccc(SCC(O)COCc2ccccc2Cl)nc1. The molecule has 3 rings (SSSR count). The summed E-state index contributed by atoms with van der Waals surface area (Å²) in [5.41, 5.74) is 0.876. The van der Waals surface area contributed by atoms with Crippen LogP contribution in [0.3, 0.4) is 0 Å². The van der Waals surface area contributed by atoms with E-state index in [9.17, 15) is 13.5 Å². The molecule has 0 amide bonds. The van der Waals surface area contributed by atoms with Crippen LogP contribution in [0, 0.1) is 0 Å². The van der Waals surface area contributed by atoms with Crippen LogP contribution in [-0.2, 0) is 21.4 Å². The normalized spacial score (nSPS) is 16.5. The lowest BCUT2D eigenvalue weighted by atomic mass is 9.96. The molecule has 0 saturated heterocycles. The fourth-order valence-corrected chi connectivity index (χ4v) is 5.86. The number of benzene rings is 1. The van der Waals surface area contributed by atoms with Crippen molar-refractivity contribution in [3.8, 4) is 0 Å². The molecular weight excluding hydrogens is 456 g/mol. The van der Waals surface area contributed by atoms with Gasteiger partial charge >= 0.3 is 0 Å². The molecule has 170 valence electrons. The van der Waals surface area contributed by atoms with Gasteiger partial charge < -0.3 is 9.84 Å². The van der Waals surface area contributed by atoms with Crippen molar-refractivity contribution in [2.75, 3.05) is 19.4 Å². The quantitative estimate of drug-likeness (QED) is 0.505. The van der Waals surface area contributed by atoms with Crippen LogP contribution in [0.2, 0.25) is 5.02 Å². The van der Waals surface area contributed by atoms with Crippen LogP contribution < -0.4 is 0 Å². The van der Waals surface area contributed by atoms with Crippen LogP contribution >= 0.6 is 23.4 Å². The van der Waals surface area contributed by atoms with E-state index in [4.69, 9.17) is 16.3 Å². The van der Waals surface area contributed by atoms with Crippen molar-refractivity contribution >= 4 is 33.4 Å². The Balaban J connectivity index is 1.47. The van der Waals surface area contributed by atoms with E-state index in [0.29, 0.717) is 22.4 Å². The average Bonchev–Trinajstić information content (AvgIpc) is 2.79. The minimum absolute atomic E-state index is 0.0636. The van der Waals surface area contributed by atoms with Gasteiger partial charge in [-0.25, -0.2) is 13.4 Å². The summed E-state index contributed by atoms with van der Waals surface area (Å²) in [6.07, 6.45) is 5.87. The molecule has 6 nitrogen and oxygen atoms in total. The zero-order chi connectivity index (χ0) is 22.3. The lowest BCUT2D eigenvalue weighted by molar-refractivity contribution is 0.0398. The Morgan fingerprint density at radius 3 is 2.65 bits per heavy atom. The summed E-state index contributed by atoms with van der Waals surface area (Å²) in [6.45, 7) is 0.511. The highest BCUT2D eigenvalue weighted by Crippen LogP contribution is 2.27. The smallest absolute Gasteiger partial charge is 0.244 e. The van der Waals surface area contributed by atoms with E-state index in [1.807, 2.05) is 18.2 Å². The molecule has 1 atom stereocenters. The third kappa shape index (κ3) is 6.91. The van der Waals surface area contributed by atoms with Crippen molar-refractivity contribution in [3.63, 3.8) is 0 Å². The predicted molar refractivity (Wildman–Crippen MR) is 124 cm³/mol. The molecule has 1 aromatic heterocycles. The Labute approximate surface area is 194 Å². The van der Waals surface area contributed by atoms with Crippen LogP contribution in [0.15, 0.2) is 52.5 Å². The molecule has 9 heteroatoms. The minimum Gasteiger partial charge on any atom is -0.390 e. The van der Waals surface area contributed by atoms with Gasteiger partial charge in [0.05, 0.1) is 24.3 Å². The molecule has 1 N–H and O–H groups in total. The first-order chi connectivity index (χ1) is 14.9. The maximum Gasteiger partial charge on any atom is 0.244 e. The number of nitrogens with zero attached hydrogens (tertiary/aromatic N) is 2. The second-order valence-corrected chi connectivity index (χ2v) is 11.2. The van der Waals surface area contributed by atoms with Gasteiger partial charge in [-0.15, -0.1) is 11.8 Å². The Morgan fingerprint density at radius 2 is 1.97 bits per heavy atom. The predicted octanol–water partition coefficient (Wildman–Crippen LogP) is 4.36. The van der Waals surface area contributed by atoms with Gasteiger partial charge in [0.15, 0.2) is 0 Å². The third-order valence-corrected chi connectivity index (χ3v) is 8.78. The summed E-state index contributed by atoms with van der Waals surface area (Å²) < 4.78 is 32.8. The molecule has 0 bridgehead atoms. The lowest BCUT2D eigenvalue weighted by Gasteiger charge is -2.30. The van der Waals surface area contributed by atoms with Gasteiger partial charge in [-0.05, 0) is 36.6 Å².